The Hall–Kier alpha value is -3.95. The number of carbonyl (C=O) groups is 2. The average molecular weight is 508 g/mol. The molecule has 0 radical (unpaired) electrons. The second-order valence-corrected chi connectivity index (χ2v) is 8.31. The highest BCUT2D eigenvalue weighted by molar-refractivity contribution is 5.99. The number of nitrogen functional groups attached to an aromatic ring is 1. The van der Waals surface area contributed by atoms with E-state index in [0.717, 1.165) is 23.6 Å². The molecular weight excluding hydrogens is 474 g/mol. The number of unbranched alkanes of at least 4 members (excludes halogenated alkanes) is 1. The zero-order chi connectivity index (χ0) is 26.5. The molecule has 0 unspecified atom stereocenters. The number of esters is 1. The minimum atomic E-state index is -0.484. The van der Waals surface area contributed by atoms with Gasteiger partial charge in [0.05, 0.1) is 25.3 Å². The number of rotatable bonds is 15. The van der Waals surface area contributed by atoms with E-state index < -0.39 is 5.97 Å². The number of nitrogens with one attached hydrogen (secondary N) is 2. The van der Waals surface area contributed by atoms with Gasteiger partial charge in [0, 0.05) is 25.7 Å². The fourth-order valence-electron chi connectivity index (χ4n) is 3.49. The van der Waals surface area contributed by atoms with Crippen LogP contribution in [0.3, 0.4) is 0 Å². The van der Waals surface area contributed by atoms with E-state index in [2.05, 4.69) is 5.32 Å². The van der Waals surface area contributed by atoms with Crippen molar-refractivity contribution in [3.8, 4) is 11.5 Å². The first-order chi connectivity index (χ1) is 18.0. The summed E-state index contributed by atoms with van der Waals surface area (Å²) in [6.45, 7) is 2.47. The second-order valence-electron chi connectivity index (χ2n) is 8.31. The molecule has 0 aliphatic carbocycles. The van der Waals surface area contributed by atoms with Gasteiger partial charge in [-0.2, -0.15) is 0 Å². The number of amidine groups is 1. The Bertz CT molecular complexity index is 1200. The van der Waals surface area contributed by atoms with Gasteiger partial charge in [0.15, 0.2) is 0 Å². The molecule has 0 heterocycles. The summed E-state index contributed by atoms with van der Waals surface area (Å²) in [4.78, 5) is 24.4. The molecule has 4 N–H and O–H groups in total. The van der Waals surface area contributed by atoms with Crippen molar-refractivity contribution in [2.24, 2.45) is 5.73 Å². The summed E-state index contributed by atoms with van der Waals surface area (Å²) in [7, 11) is 1.63. The Morgan fingerprint density at radius 1 is 0.838 bits per heavy atom. The van der Waals surface area contributed by atoms with Gasteiger partial charge in [0.2, 0.25) is 5.91 Å². The standard InChI is InChI=1S/C28H33N3O6/c1-34-16-17-35-14-3-2-4-26(32)31-13-15-36-24-10-7-20(8-11-24)28(33)37-25-12-9-21-18-23(27(29)30)6-5-22(21)19-25/h5-12,18-19H,2-4,13-17H2,1H3,(H3,29,30)(H,31,32). The van der Waals surface area contributed by atoms with Gasteiger partial charge in [-0.25, -0.2) is 4.79 Å². The Morgan fingerprint density at radius 3 is 2.30 bits per heavy atom. The lowest BCUT2D eigenvalue weighted by Crippen LogP contribution is -2.27. The van der Waals surface area contributed by atoms with E-state index in [0.29, 0.717) is 62.0 Å². The van der Waals surface area contributed by atoms with Crippen LogP contribution in [-0.2, 0) is 14.3 Å². The molecule has 1 amide bonds. The molecule has 196 valence electrons. The zero-order valence-electron chi connectivity index (χ0n) is 21.0. The van der Waals surface area contributed by atoms with Crippen LogP contribution in [0.2, 0.25) is 0 Å². The van der Waals surface area contributed by atoms with Crippen molar-refractivity contribution >= 4 is 28.5 Å². The van der Waals surface area contributed by atoms with Crippen molar-refractivity contribution in [1.82, 2.24) is 5.32 Å². The number of benzene rings is 3. The van der Waals surface area contributed by atoms with Gasteiger partial charge in [0.25, 0.3) is 0 Å². The predicted molar refractivity (Wildman–Crippen MR) is 141 cm³/mol. The predicted octanol–water partition coefficient (Wildman–Crippen LogP) is 3.67. The highest BCUT2D eigenvalue weighted by atomic mass is 16.5. The van der Waals surface area contributed by atoms with E-state index >= 15 is 0 Å². The van der Waals surface area contributed by atoms with Gasteiger partial charge in [-0.05, 0) is 66.1 Å². The topological polar surface area (TPSA) is 133 Å². The smallest absolute Gasteiger partial charge is 0.343 e. The molecule has 0 bridgehead atoms. The lowest BCUT2D eigenvalue weighted by molar-refractivity contribution is -0.121. The second kappa shape index (κ2) is 14.6. The number of methoxy groups -OCH3 is 1. The number of fused-ring (bicyclic) bond motifs is 1. The van der Waals surface area contributed by atoms with E-state index in [-0.39, 0.29) is 11.7 Å². The first kappa shape index (κ1) is 27.6. The third kappa shape index (κ3) is 9.21. The first-order valence-corrected chi connectivity index (χ1v) is 12.1. The van der Waals surface area contributed by atoms with Crippen molar-refractivity contribution in [3.63, 3.8) is 0 Å². The van der Waals surface area contributed by atoms with Crippen LogP contribution >= 0.6 is 0 Å². The molecule has 0 saturated carbocycles. The molecule has 3 aromatic rings. The lowest BCUT2D eigenvalue weighted by Gasteiger charge is -2.09. The zero-order valence-corrected chi connectivity index (χ0v) is 21.0. The quantitative estimate of drug-likeness (QED) is 0.0940. The monoisotopic (exact) mass is 507 g/mol. The molecule has 9 nitrogen and oxygen atoms in total. The maximum Gasteiger partial charge on any atom is 0.343 e. The number of nitrogens with two attached hydrogens (primary N) is 1. The molecule has 0 aliphatic rings. The Morgan fingerprint density at radius 2 is 1.54 bits per heavy atom. The highest BCUT2D eigenvalue weighted by Crippen LogP contribution is 2.23. The van der Waals surface area contributed by atoms with E-state index in [1.807, 2.05) is 18.2 Å². The van der Waals surface area contributed by atoms with E-state index in [1.165, 1.54) is 0 Å². The minimum Gasteiger partial charge on any atom is -0.492 e. The van der Waals surface area contributed by atoms with Crippen LogP contribution in [-0.4, -0.2) is 57.8 Å². The summed E-state index contributed by atoms with van der Waals surface area (Å²) in [6, 6.07) is 17.3. The first-order valence-electron chi connectivity index (χ1n) is 12.1. The van der Waals surface area contributed by atoms with Gasteiger partial charge in [-0.1, -0.05) is 18.2 Å². The van der Waals surface area contributed by atoms with Crippen molar-refractivity contribution in [1.29, 1.82) is 5.41 Å². The molecule has 0 saturated heterocycles. The fraction of sp³-hybridized carbons (Fsp3) is 0.321. The highest BCUT2D eigenvalue weighted by Gasteiger charge is 2.10. The molecule has 9 heteroatoms. The van der Waals surface area contributed by atoms with Crippen LogP contribution < -0.4 is 20.5 Å². The molecule has 0 fully saturated rings. The average Bonchev–Trinajstić information content (AvgIpc) is 2.90. The van der Waals surface area contributed by atoms with Gasteiger partial charge >= 0.3 is 5.97 Å². The third-order valence-corrected chi connectivity index (χ3v) is 5.49. The molecule has 0 atom stereocenters. The summed E-state index contributed by atoms with van der Waals surface area (Å²) in [5.41, 5.74) is 6.56. The molecule has 3 rings (SSSR count). The molecule has 3 aromatic carbocycles. The van der Waals surface area contributed by atoms with Gasteiger partial charge in [-0.3, -0.25) is 10.2 Å². The van der Waals surface area contributed by atoms with Crippen LogP contribution in [0.15, 0.2) is 60.7 Å². The van der Waals surface area contributed by atoms with Crippen molar-refractivity contribution in [3.05, 3.63) is 71.8 Å². The van der Waals surface area contributed by atoms with Crippen LogP contribution in [0, 0.1) is 5.41 Å². The summed E-state index contributed by atoms with van der Waals surface area (Å²) in [5.74, 6) is 0.504. The van der Waals surface area contributed by atoms with Crippen LogP contribution in [0.25, 0.3) is 10.8 Å². The third-order valence-electron chi connectivity index (χ3n) is 5.49. The summed E-state index contributed by atoms with van der Waals surface area (Å²) in [6.07, 6.45) is 2.03. The number of ether oxygens (including phenoxy) is 4. The molecule has 0 aromatic heterocycles. The normalized spacial score (nSPS) is 10.7. The van der Waals surface area contributed by atoms with Crippen LogP contribution in [0.1, 0.15) is 35.2 Å². The van der Waals surface area contributed by atoms with Crippen LogP contribution in [0.4, 0.5) is 0 Å². The number of carbonyl (C=O) groups excluding carboxylic acids is 2. The van der Waals surface area contributed by atoms with Crippen molar-refractivity contribution in [2.45, 2.75) is 19.3 Å². The van der Waals surface area contributed by atoms with E-state index in [1.54, 1.807) is 49.6 Å². The van der Waals surface area contributed by atoms with Crippen molar-refractivity contribution < 1.29 is 28.5 Å². The van der Waals surface area contributed by atoms with E-state index in [4.69, 9.17) is 30.1 Å². The van der Waals surface area contributed by atoms with E-state index in [9.17, 15) is 9.59 Å². The van der Waals surface area contributed by atoms with Crippen molar-refractivity contribution in [2.75, 3.05) is 40.1 Å². The SMILES string of the molecule is COCCOCCCCC(=O)NCCOc1ccc(C(=O)Oc2ccc3cc(C(=N)N)ccc3c2)cc1. The Balaban J connectivity index is 1.37. The van der Waals surface area contributed by atoms with Gasteiger partial charge < -0.3 is 30.0 Å². The summed E-state index contributed by atoms with van der Waals surface area (Å²) < 4.78 is 21.4. The van der Waals surface area contributed by atoms with Gasteiger partial charge in [-0.15, -0.1) is 0 Å². The minimum absolute atomic E-state index is 0.00102. The number of hydrogen-bond acceptors (Lipinski definition) is 7. The lowest BCUT2D eigenvalue weighted by atomic mass is 10.1. The maximum absolute atomic E-state index is 12.5. The summed E-state index contributed by atoms with van der Waals surface area (Å²) >= 11 is 0. The Kier molecular flexibility index (Phi) is 10.9. The molecule has 0 aliphatic heterocycles. The Labute approximate surface area is 216 Å². The molecule has 37 heavy (non-hydrogen) atoms. The largest absolute Gasteiger partial charge is 0.492 e. The molecular formula is C28H33N3O6. The molecule has 0 spiro atoms. The summed E-state index contributed by atoms with van der Waals surface area (Å²) in [5, 5.41) is 12.1. The van der Waals surface area contributed by atoms with Crippen LogP contribution in [0.5, 0.6) is 11.5 Å². The number of hydrogen-bond donors (Lipinski definition) is 3. The fourth-order valence-corrected chi connectivity index (χ4v) is 3.49. The van der Waals surface area contributed by atoms with Gasteiger partial charge in [0.1, 0.15) is 23.9 Å². The number of amides is 1. The maximum atomic E-state index is 12.5.